The fraction of sp³-hybridized carbons (Fsp3) is 0.304. The van der Waals surface area contributed by atoms with Gasteiger partial charge in [-0.1, -0.05) is 17.8 Å². The van der Waals surface area contributed by atoms with Gasteiger partial charge in [0.25, 0.3) is 0 Å². The maximum Gasteiger partial charge on any atom is 0.172 e. The van der Waals surface area contributed by atoms with Crippen LogP contribution in [-0.2, 0) is 0 Å². The lowest BCUT2D eigenvalue weighted by atomic mass is 10.1. The first kappa shape index (κ1) is 21.9. The van der Waals surface area contributed by atoms with E-state index >= 15 is 0 Å². The Morgan fingerprint density at radius 1 is 1.17 bits per heavy atom. The van der Waals surface area contributed by atoms with E-state index in [1.165, 1.54) is 36.9 Å². The van der Waals surface area contributed by atoms with Crippen molar-refractivity contribution in [2.24, 2.45) is 0 Å². The van der Waals surface area contributed by atoms with Crippen LogP contribution in [0.1, 0.15) is 28.4 Å². The zero-order chi connectivity index (χ0) is 21.7. The van der Waals surface area contributed by atoms with Crippen LogP contribution in [0.15, 0.2) is 53.9 Å². The number of Topliss-reactive ketones (excluding diaryl/α,β-unsaturated/α-hetero) is 1. The Labute approximate surface area is 180 Å². The second-order valence-electron chi connectivity index (χ2n) is 7.12. The lowest BCUT2D eigenvalue weighted by Crippen LogP contribution is -2.20. The molecular weight excluding hydrogens is 400 g/mol. The molecule has 3 aromatic rings. The van der Waals surface area contributed by atoms with Gasteiger partial charge in [0.05, 0.1) is 13.2 Å². The van der Waals surface area contributed by atoms with Crippen molar-refractivity contribution in [2.45, 2.75) is 32.0 Å². The highest BCUT2D eigenvalue weighted by Gasteiger charge is 2.14. The van der Waals surface area contributed by atoms with Crippen molar-refractivity contribution >= 4 is 17.5 Å². The molecule has 158 valence electrons. The van der Waals surface area contributed by atoms with Crippen LogP contribution in [0.3, 0.4) is 0 Å². The van der Waals surface area contributed by atoms with Gasteiger partial charge in [0.1, 0.15) is 6.61 Å². The molecule has 7 heteroatoms. The van der Waals surface area contributed by atoms with Crippen molar-refractivity contribution in [1.82, 2.24) is 9.55 Å². The van der Waals surface area contributed by atoms with E-state index < -0.39 is 6.10 Å². The number of aliphatic hydroxyl groups is 1. The second kappa shape index (κ2) is 9.82. The monoisotopic (exact) mass is 426 g/mol. The lowest BCUT2D eigenvalue weighted by Gasteiger charge is -2.15. The molecule has 0 saturated heterocycles. The van der Waals surface area contributed by atoms with Crippen LogP contribution in [0.2, 0.25) is 0 Å². The van der Waals surface area contributed by atoms with Gasteiger partial charge in [-0.25, -0.2) is 4.98 Å². The summed E-state index contributed by atoms with van der Waals surface area (Å²) in [5, 5.41) is 11.2. The van der Waals surface area contributed by atoms with Crippen LogP contribution in [-0.4, -0.2) is 46.0 Å². The molecule has 0 bridgehead atoms. The third-order valence-electron chi connectivity index (χ3n) is 4.50. The molecule has 30 heavy (non-hydrogen) atoms. The Bertz CT molecular complexity index is 1010. The number of aromatic nitrogens is 2. The average Bonchev–Trinajstić information content (AvgIpc) is 3.18. The smallest absolute Gasteiger partial charge is 0.172 e. The summed E-state index contributed by atoms with van der Waals surface area (Å²) in [6.07, 6.45) is 2.97. The van der Waals surface area contributed by atoms with Gasteiger partial charge >= 0.3 is 0 Å². The fourth-order valence-corrected chi connectivity index (χ4v) is 3.97. The topological polar surface area (TPSA) is 73.6 Å². The summed E-state index contributed by atoms with van der Waals surface area (Å²) in [6, 6.07) is 11.3. The SMILES string of the molecule is COc1cc(C(C)=O)ccc1OCC(O)CSc1nccn1-c1cc(C)cc(C)c1. The second-order valence-corrected chi connectivity index (χ2v) is 8.11. The molecule has 0 aliphatic heterocycles. The standard InChI is InChI=1S/C23H26N2O4S/c1-15-9-16(2)11-19(10-15)25-8-7-24-23(25)30-14-20(27)13-29-21-6-5-18(17(3)26)12-22(21)28-4/h5-12,20,27H,13-14H2,1-4H3. The molecule has 1 N–H and O–H groups in total. The van der Waals surface area contributed by atoms with Crippen LogP contribution in [0.5, 0.6) is 11.5 Å². The summed E-state index contributed by atoms with van der Waals surface area (Å²) >= 11 is 1.47. The predicted octanol–water partition coefficient (Wildman–Crippen LogP) is 4.23. The maximum atomic E-state index is 11.5. The van der Waals surface area contributed by atoms with Gasteiger partial charge in [0, 0.05) is 29.4 Å². The predicted molar refractivity (Wildman–Crippen MR) is 118 cm³/mol. The van der Waals surface area contributed by atoms with Crippen LogP contribution < -0.4 is 9.47 Å². The highest BCUT2D eigenvalue weighted by molar-refractivity contribution is 7.99. The van der Waals surface area contributed by atoms with Gasteiger partial charge in [0.15, 0.2) is 22.4 Å². The number of rotatable bonds is 9. The number of imidazole rings is 1. The van der Waals surface area contributed by atoms with Crippen molar-refractivity contribution < 1.29 is 19.4 Å². The molecule has 0 spiro atoms. The highest BCUT2D eigenvalue weighted by Crippen LogP contribution is 2.29. The third kappa shape index (κ3) is 5.43. The molecule has 3 rings (SSSR count). The Hall–Kier alpha value is -2.77. The number of carbonyl (C=O) groups excluding carboxylic acids is 1. The first-order valence-electron chi connectivity index (χ1n) is 9.62. The van der Waals surface area contributed by atoms with Crippen molar-refractivity contribution in [3.63, 3.8) is 0 Å². The summed E-state index contributed by atoms with van der Waals surface area (Å²) < 4.78 is 13.0. The van der Waals surface area contributed by atoms with E-state index in [4.69, 9.17) is 9.47 Å². The zero-order valence-electron chi connectivity index (χ0n) is 17.6. The average molecular weight is 427 g/mol. The number of carbonyl (C=O) groups is 1. The van der Waals surface area contributed by atoms with Gasteiger partial charge in [-0.05, 0) is 62.2 Å². The van der Waals surface area contributed by atoms with Crippen LogP contribution in [0, 0.1) is 13.8 Å². The number of ketones is 1. The molecular formula is C23H26N2O4S. The van der Waals surface area contributed by atoms with E-state index in [2.05, 4.69) is 37.0 Å². The van der Waals surface area contributed by atoms with E-state index in [9.17, 15) is 9.90 Å². The molecule has 1 heterocycles. The molecule has 0 radical (unpaired) electrons. The van der Waals surface area contributed by atoms with Crippen molar-refractivity contribution in [1.29, 1.82) is 0 Å². The molecule has 1 atom stereocenters. The first-order valence-corrected chi connectivity index (χ1v) is 10.6. The number of thioether (sulfide) groups is 1. The Balaban J connectivity index is 1.60. The molecule has 0 amide bonds. The van der Waals surface area contributed by atoms with E-state index in [0.717, 1.165) is 10.8 Å². The molecule has 0 saturated carbocycles. The summed E-state index contributed by atoms with van der Waals surface area (Å²) in [7, 11) is 1.52. The minimum atomic E-state index is -0.698. The number of hydrogen-bond acceptors (Lipinski definition) is 6. The van der Waals surface area contributed by atoms with Gasteiger partial charge < -0.3 is 14.6 Å². The Kier molecular flexibility index (Phi) is 7.18. The first-order chi connectivity index (χ1) is 14.4. The molecule has 0 fully saturated rings. The number of hydrogen-bond donors (Lipinski definition) is 1. The summed E-state index contributed by atoms with van der Waals surface area (Å²) in [5.41, 5.74) is 3.97. The maximum absolute atomic E-state index is 11.5. The largest absolute Gasteiger partial charge is 0.493 e. The minimum Gasteiger partial charge on any atom is -0.493 e. The molecule has 1 unspecified atom stereocenters. The van der Waals surface area contributed by atoms with E-state index in [1.54, 1.807) is 24.4 Å². The van der Waals surface area contributed by atoms with E-state index in [1.807, 2.05) is 10.8 Å². The quantitative estimate of drug-likeness (QED) is 0.408. The van der Waals surface area contributed by atoms with E-state index in [0.29, 0.717) is 22.8 Å². The number of benzene rings is 2. The molecule has 0 aliphatic carbocycles. The summed E-state index contributed by atoms with van der Waals surface area (Å²) in [4.78, 5) is 15.9. The van der Waals surface area contributed by atoms with Gasteiger partial charge in [-0.2, -0.15) is 0 Å². The molecule has 6 nitrogen and oxygen atoms in total. The van der Waals surface area contributed by atoms with Crippen molar-refractivity contribution in [3.8, 4) is 17.2 Å². The van der Waals surface area contributed by atoms with E-state index in [-0.39, 0.29) is 12.4 Å². The number of nitrogens with zero attached hydrogens (tertiary/aromatic N) is 2. The highest BCUT2D eigenvalue weighted by atomic mass is 32.2. The molecule has 0 aliphatic rings. The van der Waals surface area contributed by atoms with Crippen molar-refractivity contribution in [2.75, 3.05) is 19.5 Å². The minimum absolute atomic E-state index is 0.0457. The van der Waals surface area contributed by atoms with Gasteiger partial charge in [-0.3, -0.25) is 9.36 Å². The number of aryl methyl sites for hydroxylation is 2. The zero-order valence-corrected chi connectivity index (χ0v) is 18.4. The van der Waals surface area contributed by atoms with Crippen molar-refractivity contribution in [3.05, 3.63) is 65.5 Å². The summed E-state index contributed by atoms with van der Waals surface area (Å²) in [5.74, 6) is 1.34. The third-order valence-corrected chi connectivity index (χ3v) is 5.61. The lowest BCUT2D eigenvalue weighted by molar-refractivity contribution is 0.101. The van der Waals surface area contributed by atoms with Crippen LogP contribution >= 0.6 is 11.8 Å². The summed E-state index contributed by atoms with van der Waals surface area (Å²) in [6.45, 7) is 5.74. The molecule has 2 aromatic carbocycles. The fourth-order valence-electron chi connectivity index (χ4n) is 3.09. The van der Waals surface area contributed by atoms with Crippen LogP contribution in [0.4, 0.5) is 0 Å². The Morgan fingerprint density at radius 2 is 1.90 bits per heavy atom. The number of ether oxygens (including phenoxy) is 2. The number of methoxy groups -OCH3 is 1. The van der Waals surface area contributed by atoms with Gasteiger partial charge in [-0.15, -0.1) is 0 Å². The van der Waals surface area contributed by atoms with Crippen LogP contribution in [0.25, 0.3) is 5.69 Å². The normalized spacial score (nSPS) is 11.9. The van der Waals surface area contributed by atoms with Gasteiger partial charge in [0.2, 0.25) is 0 Å². The number of aliphatic hydroxyl groups excluding tert-OH is 1. The Morgan fingerprint density at radius 3 is 2.57 bits per heavy atom. The molecule has 1 aromatic heterocycles.